The van der Waals surface area contributed by atoms with Crippen molar-refractivity contribution >= 4 is 34.1 Å². The van der Waals surface area contributed by atoms with Crippen molar-refractivity contribution < 1.29 is 9.53 Å². The van der Waals surface area contributed by atoms with E-state index in [9.17, 15) is 4.79 Å². The second-order valence-corrected chi connectivity index (χ2v) is 8.71. The van der Waals surface area contributed by atoms with Gasteiger partial charge in [0.1, 0.15) is 17.4 Å². The molecular weight excluding hydrogens is 408 g/mol. The van der Waals surface area contributed by atoms with Crippen LogP contribution >= 0.6 is 23.1 Å². The Morgan fingerprint density at radius 2 is 2.10 bits per heavy atom. The minimum absolute atomic E-state index is 0.128. The van der Waals surface area contributed by atoms with Gasteiger partial charge in [0.15, 0.2) is 11.0 Å². The fourth-order valence-electron chi connectivity index (χ4n) is 2.78. The lowest BCUT2D eigenvalue weighted by molar-refractivity contribution is -0.113. The molecule has 3 aromatic rings. The molecule has 1 aliphatic carbocycles. The number of hydrogen-bond donors (Lipinski definition) is 1. The molecule has 152 valence electrons. The summed E-state index contributed by atoms with van der Waals surface area (Å²) < 4.78 is 7.85. The molecular formula is C19H22N6O2S2. The SMILES string of the molecule is CCn1c(COc2ccccc2C)nnc1SCC(=O)Nc1nnc(C2CC2)s1. The molecule has 2 aromatic heterocycles. The number of nitrogens with zero attached hydrogens (tertiary/aromatic N) is 5. The maximum atomic E-state index is 12.3. The lowest BCUT2D eigenvalue weighted by Gasteiger charge is -2.10. The lowest BCUT2D eigenvalue weighted by atomic mass is 10.2. The molecule has 1 saturated carbocycles. The van der Waals surface area contributed by atoms with E-state index in [0.717, 1.165) is 22.1 Å². The van der Waals surface area contributed by atoms with Gasteiger partial charge in [-0.2, -0.15) is 0 Å². The number of carbonyl (C=O) groups is 1. The maximum absolute atomic E-state index is 12.3. The number of para-hydroxylation sites is 1. The van der Waals surface area contributed by atoms with Gasteiger partial charge in [-0.3, -0.25) is 10.1 Å². The predicted molar refractivity (Wildman–Crippen MR) is 112 cm³/mol. The van der Waals surface area contributed by atoms with Crippen LogP contribution in [0.2, 0.25) is 0 Å². The van der Waals surface area contributed by atoms with Crippen molar-refractivity contribution in [2.24, 2.45) is 0 Å². The third-order valence-corrected chi connectivity index (χ3v) is 6.47. The van der Waals surface area contributed by atoms with Gasteiger partial charge < -0.3 is 9.30 Å². The van der Waals surface area contributed by atoms with E-state index in [1.807, 2.05) is 42.7 Å². The van der Waals surface area contributed by atoms with Crippen molar-refractivity contribution in [1.29, 1.82) is 0 Å². The summed E-state index contributed by atoms with van der Waals surface area (Å²) in [7, 11) is 0. The van der Waals surface area contributed by atoms with Crippen LogP contribution < -0.4 is 10.1 Å². The topological polar surface area (TPSA) is 94.8 Å². The molecule has 0 spiro atoms. The number of benzene rings is 1. The molecule has 0 unspecified atom stereocenters. The maximum Gasteiger partial charge on any atom is 0.236 e. The van der Waals surface area contributed by atoms with E-state index < -0.39 is 0 Å². The summed E-state index contributed by atoms with van der Waals surface area (Å²) in [6, 6.07) is 7.86. The second-order valence-electron chi connectivity index (χ2n) is 6.75. The van der Waals surface area contributed by atoms with Crippen LogP contribution in [0.1, 0.15) is 42.1 Å². The molecule has 10 heteroatoms. The van der Waals surface area contributed by atoms with Gasteiger partial charge >= 0.3 is 0 Å². The molecule has 2 heterocycles. The normalized spacial score (nSPS) is 13.4. The van der Waals surface area contributed by atoms with E-state index in [4.69, 9.17) is 4.74 Å². The molecule has 0 saturated heterocycles. The van der Waals surface area contributed by atoms with Crippen LogP contribution in [0, 0.1) is 6.92 Å². The van der Waals surface area contributed by atoms with Crippen molar-refractivity contribution in [3.8, 4) is 5.75 Å². The minimum atomic E-state index is -0.128. The number of aryl methyl sites for hydroxylation is 1. The second kappa shape index (κ2) is 8.91. The summed E-state index contributed by atoms with van der Waals surface area (Å²) in [5.41, 5.74) is 1.07. The lowest BCUT2D eigenvalue weighted by Crippen LogP contribution is -2.14. The van der Waals surface area contributed by atoms with E-state index in [1.54, 1.807) is 0 Å². The first-order chi connectivity index (χ1) is 14.1. The van der Waals surface area contributed by atoms with Crippen molar-refractivity contribution in [3.63, 3.8) is 0 Å². The van der Waals surface area contributed by atoms with Gasteiger partial charge in [-0.15, -0.1) is 20.4 Å². The van der Waals surface area contributed by atoms with Gasteiger partial charge in [0.05, 0.1) is 5.75 Å². The smallest absolute Gasteiger partial charge is 0.236 e. The fourth-order valence-corrected chi connectivity index (χ4v) is 4.53. The van der Waals surface area contributed by atoms with Gasteiger partial charge in [-0.05, 0) is 38.3 Å². The largest absolute Gasteiger partial charge is 0.485 e. The number of carbonyl (C=O) groups excluding carboxylic acids is 1. The molecule has 0 radical (unpaired) electrons. The van der Waals surface area contributed by atoms with Gasteiger partial charge in [0.25, 0.3) is 0 Å². The minimum Gasteiger partial charge on any atom is -0.485 e. The average Bonchev–Trinajstić information content (AvgIpc) is 3.34. The van der Waals surface area contributed by atoms with Crippen molar-refractivity contribution in [1.82, 2.24) is 25.0 Å². The van der Waals surface area contributed by atoms with Crippen molar-refractivity contribution in [2.45, 2.75) is 50.9 Å². The molecule has 1 aliphatic rings. The highest BCUT2D eigenvalue weighted by Crippen LogP contribution is 2.42. The number of amides is 1. The predicted octanol–water partition coefficient (Wildman–Crippen LogP) is 3.65. The van der Waals surface area contributed by atoms with E-state index in [1.165, 1.54) is 35.9 Å². The van der Waals surface area contributed by atoms with E-state index in [2.05, 4.69) is 25.7 Å². The summed E-state index contributed by atoms with van der Waals surface area (Å²) >= 11 is 2.81. The Kier molecular flexibility index (Phi) is 6.10. The first kappa shape index (κ1) is 19.8. The highest BCUT2D eigenvalue weighted by Gasteiger charge is 2.27. The van der Waals surface area contributed by atoms with Gasteiger partial charge in [0.2, 0.25) is 11.0 Å². The van der Waals surface area contributed by atoms with Crippen LogP contribution in [-0.2, 0) is 17.9 Å². The zero-order chi connectivity index (χ0) is 20.2. The molecule has 1 fully saturated rings. The summed E-state index contributed by atoms with van der Waals surface area (Å²) in [6.07, 6.45) is 2.34. The Hall–Kier alpha value is -2.46. The van der Waals surface area contributed by atoms with Gasteiger partial charge in [-0.1, -0.05) is 41.3 Å². The molecule has 0 bridgehead atoms. The molecule has 8 nitrogen and oxygen atoms in total. The Balaban J connectivity index is 1.32. The molecule has 1 N–H and O–H groups in total. The fraction of sp³-hybridized carbons (Fsp3) is 0.421. The molecule has 1 amide bonds. The van der Waals surface area contributed by atoms with Crippen LogP contribution in [0.25, 0.3) is 0 Å². The average molecular weight is 431 g/mol. The van der Waals surface area contributed by atoms with Crippen LogP contribution in [0.3, 0.4) is 0 Å². The highest BCUT2D eigenvalue weighted by molar-refractivity contribution is 7.99. The summed E-state index contributed by atoms with van der Waals surface area (Å²) in [4.78, 5) is 12.3. The number of anilines is 1. The number of ether oxygens (including phenoxy) is 1. The van der Waals surface area contributed by atoms with E-state index in [0.29, 0.717) is 29.4 Å². The number of nitrogens with one attached hydrogen (secondary N) is 1. The number of thioether (sulfide) groups is 1. The monoisotopic (exact) mass is 430 g/mol. The van der Waals surface area contributed by atoms with Crippen LogP contribution in [0.15, 0.2) is 29.4 Å². The standard InChI is InChI=1S/C19H22N6O2S2/c1-3-25-15(10-27-14-7-5-4-6-12(14)2)21-24-19(25)28-11-16(26)20-18-23-22-17(29-18)13-8-9-13/h4-7,13H,3,8-11H2,1-2H3,(H,20,23,26). The molecule has 1 aromatic carbocycles. The van der Waals surface area contributed by atoms with Gasteiger partial charge in [0, 0.05) is 12.5 Å². The summed E-state index contributed by atoms with van der Waals surface area (Å²) in [5.74, 6) is 2.20. The van der Waals surface area contributed by atoms with E-state index in [-0.39, 0.29) is 11.7 Å². The Bertz CT molecular complexity index is 998. The molecule has 29 heavy (non-hydrogen) atoms. The zero-order valence-electron chi connectivity index (χ0n) is 16.3. The Morgan fingerprint density at radius 1 is 1.28 bits per heavy atom. The van der Waals surface area contributed by atoms with Crippen LogP contribution in [0.4, 0.5) is 5.13 Å². The molecule has 0 atom stereocenters. The third-order valence-electron chi connectivity index (χ3n) is 4.51. The summed E-state index contributed by atoms with van der Waals surface area (Å²) in [6.45, 7) is 5.05. The quantitative estimate of drug-likeness (QED) is 0.518. The van der Waals surface area contributed by atoms with E-state index >= 15 is 0 Å². The number of hydrogen-bond acceptors (Lipinski definition) is 8. The van der Waals surface area contributed by atoms with Crippen LogP contribution in [-0.4, -0.2) is 36.6 Å². The number of rotatable bonds is 9. The third kappa shape index (κ3) is 4.94. The number of aromatic nitrogens is 5. The molecule has 4 rings (SSSR count). The first-order valence-electron chi connectivity index (χ1n) is 9.50. The summed E-state index contributed by atoms with van der Waals surface area (Å²) in [5, 5.41) is 21.7. The van der Waals surface area contributed by atoms with Crippen LogP contribution in [0.5, 0.6) is 5.75 Å². The first-order valence-corrected chi connectivity index (χ1v) is 11.3. The Morgan fingerprint density at radius 3 is 2.86 bits per heavy atom. The molecule has 0 aliphatic heterocycles. The van der Waals surface area contributed by atoms with Crippen molar-refractivity contribution in [2.75, 3.05) is 11.1 Å². The highest BCUT2D eigenvalue weighted by atomic mass is 32.2. The van der Waals surface area contributed by atoms with Crippen molar-refractivity contribution in [3.05, 3.63) is 40.7 Å². The zero-order valence-corrected chi connectivity index (χ0v) is 17.9. The Labute approximate surface area is 177 Å². The van der Waals surface area contributed by atoms with Gasteiger partial charge in [-0.25, -0.2) is 0 Å².